The molecule has 0 saturated heterocycles. The first-order chi connectivity index (χ1) is 65.9. The monoisotopic (exact) mass is 1730 g/mol. The minimum atomic E-state index is 1.21. The van der Waals surface area contributed by atoms with E-state index in [-0.39, 0.29) is 0 Å². The van der Waals surface area contributed by atoms with Gasteiger partial charge in [0.25, 0.3) is 0 Å². The molecule has 0 unspecified atom stereocenters. The number of hydrogen-bond donors (Lipinski definition) is 0. The fraction of sp³-hybridized carbons (Fsp3) is 0.0625. The average molecular weight is 1730 g/mol. The molecular weight excluding hydrogens is 1620 g/mol. The standard InChI is InChI=1S/6C19H15N.2C7H8/c2*1-14-8-7-12-17-16-11-5-6-13-18(16)20(19(14)17)15-9-3-2-4-10-15;1-14-8-7-13-18-19(14)16-11-5-6-12-17(16)20(18)15-9-3-2-4-10-15;1-14-11-12-19-17(13-14)16-9-5-6-10-18(16)20(19)15-7-3-2-4-8-15;2*1-14-11-12-17-16-9-5-6-10-18(16)20(19(17)13-14)15-7-3-2-4-8-15;2*1-7-5-3-2-4-6-7/h6*2-13H,1H3;2*2-6H,1H3. The van der Waals surface area contributed by atoms with Crippen LogP contribution in [0.4, 0.5) is 0 Å². The Morgan fingerprint density at radius 3 is 0.679 bits per heavy atom. The molecule has 0 aliphatic heterocycles. The van der Waals surface area contributed by atoms with Crippen molar-refractivity contribution in [2.24, 2.45) is 0 Å². The normalized spacial score (nSPS) is 11.0. The Kier molecular flexibility index (Phi) is 25.6. The van der Waals surface area contributed by atoms with E-state index < -0.39 is 0 Å². The summed E-state index contributed by atoms with van der Waals surface area (Å²) < 4.78 is 14.1. The third-order valence-corrected chi connectivity index (χ3v) is 25.2. The van der Waals surface area contributed by atoms with Crippen molar-refractivity contribution in [1.82, 2.24) is 27.4 Å². The maximum atomic E-state index is 2.36. The Balaban J connectivity index is 0.000000100. The lowest BCUT2D eigenvalue weighted by Gasteiger charge is -2.08. The molecule has 648 valence electrons. The SMILES string of the molecule is Cc1ccc2c(c1)c1ccccc1n2-c1ccccc1.Cc1ccc2c3ccccc3n(-c3ccccc3)c2c1.Cc1ccc2c3ccccc3n(-c3ccccc3)c2c1.Cc1cccc2c1c1ccccc1n2-c1ccccc1.Cc1cccc2c3ccccc3n(-c3ccccc3)c12.Cc1cccc2c3ccccc3n(-c3ccccc3)c12.Cc1ccccc1.Cc1ccccc1. The van der Waals surface area contributed by atoms with Gasteiger partial charge in [0, 0.05) is 98.8 Å². The van der Waals surface area contributed by atoms with Gasteiger partial charge in [-0.1, -0.05) is 375 Å². The number of para-hydroxylation sites is 14. The summed E-state index contributed by atoms with van der Waals surface area (Å²) in [7, 11) is 0. The molecule has 0 N–H and O–H groups in total. The number of aryl methyl sites for hydroxylation is 8. The first-order valence-corrected chi connectivity index (χ1v) is 46.2. The molecule has 6 heteroatoms. The number of hydrogen-bond acceptors (Lipinski definition) is 0. The first-order valence-electron chi connectivity index (χ1n) is 46.2. The molecule has 0 bridgehead atoms. The molecule has 6 nitrogen and oxygen atoms in total. The summed E-state index contributed by atoms with van der Waals surface area (Å²) >= 11 is 0. The van der Waals surface area contributed by atoms with E-state index >= 15 is 0 Å². The molecule has 26 aromatic rings. The van der Waals surface area contributed by atoms with E-state index in [0.29, 0.717) is 0 Å². The maximum absolute atomic E-state index is 2.36. The lowest BCUT2D eigenvalue weighted by atomic mass is 10.1. The smallest absolute Gasteiger partial charge is 0.0570 e. The summed E-state index contributed by atoms with van der Waals surface area (Å²) in [6, 6.07) is 175. The third-order valence-electron chi connectivity index (χ3n) is 25.2. The van der Waals surface area contributed by atoms with Crippen molar-refractivity contribution in [3.05, 3.63) is 542 Å². The number of benzene rings is 20. The molecule has 6 aromatic heterocycles. The molecule has 0 atom stereocenters. The summed E-state index contributed by atoms with van der Waals surface area (Å²) in [5, 5.41) is 15.8. The second kappa shape index (κ2) is 39.7. The van der Waals surface area contributed by atoms with Crippen molar-refractivity contribution in [3.63, 3.8) is 0 Å². The molecule has 0 saturated carbocycles. The molecule has 0 fully saturated rings. The molecule has 0 aliphatic rings. The number of nitrogens with zero attached hydrogens (tertiary/aromatic N) is 6. The van der Waals surface area contributed by atoms with Crippen molar-refractivity contribution >= 4 is 131 Å². The topological polar surface area (TPSA) is 29.6 Å². The van der Waals surface area contributed by atoms with Crippen molar-refractivity contribution in [3.8, 4) is 34.1 Å². The van der Waals surface area contributed by atoms with Gasteiger partial charge in [-0.05, 0) is 223 Å². The fourth-order valence-corrected chi connectivity index (χ4v) is 19.0. The average Bonchev–Trinajstić information content (AvgIpc) is 1.63. The Labute approximate surface area is 784 Å². The van der Waals surface area contributed by atoms with E-state index in [1.807, 2.05) is 36.4 Å². The van der Waals surface area contributed by atoms with Crippen LogP contribution in [0.3, 0.4) is 0 Å². The minimum Gasteiger partial charge on any atom is -0.309 e. The van der Waals surface area contributed by atoms with Gasteiger partial charge in [-0.15, -0.1) is 0 Å². The van der Waals surface area contributed by atoms with Crippen molar-refractivity contribution in [2.75, 3.05) is 0 Å². The van der Waals surface area contributed by atoms with Gasteiger partial charge in [-0.3, -0.25) is 0 Å². The van der Waals surface area contributed by atoms with Crippen LogP contribution in [0.2, 0.25) is 0 Å². The zero-order valence-corrected chi connectivity index (χ0v) is 77.0. The molecule has 0 spiro atoms. The molecule has 6 heterocycles. The summed E-state index contributed by atoms with van der Waals surface area (Å²) in [5.74, 6) is 0. The van der Waals surface area contributed by atoms with Crippen LogP contribution in [0.15, 0.2) is 497 Å². The van der Waals surface area contributed by atoms with E-state index in [4.69, 9.17) is 0 Å². The van der Waals surface area contributed by atoms with Gasteiger partial charge < -0.3 is 27.4 Å². The highest BCUT2D eigenvalue weighted by molar-refractivity contribution is 6.15. The van der Waals surface area contributed by atoms with Gasteiger partial charge in [-0.25, -0.2) is 0 Å². The van der Waals surface area contributed by atoms with Crippen LogP contribution in [0.1, 0.15) is 44.5 Å². The maximum Gasteiger partial charge on any atom is 0.0570 e. The number of fused-ring (bicyclic) bond motifs is 18. The summed E-state index contributed by atoms with van der Waals surface area (Å²) in [5.41, 5.74) is 33.0. The molecule has 0 amide bonds. The van der Waals surface area contributed by atoms with Gasteiger partial charge in [0.15, 0.2) is 0 Å². The van der Waals surface area contributed by atoms with Crippen molar-refractivity contribution < 1.29 is 0 Å². The summed E-state index contributed by atoms with van der Waals surface area (Å²) in [6.07, 6.45) is 0. The molecular formula is C128H106N6. The lowest BCUT2D eigenvalue weighted by Crippen LogP contribution is -1.94. The van der Waals surface area contributed by atoms with Gasteiger partial charge in [-0.2, -0.15) is 0 Å². The second-order valence-corrected chi connectivity index (χ2v) is 34.4. The highest BCUT2D eigenvalue weighted by atomic mass is 15.0. The first kappa shape index (κ1) is 86.6. The molecule has 0 aliphatic carbocycles. The van der Waals surface area contributed by atoms with Gasteiger partial charge >= 0.3 is 0 Å². The Bertz CT molecular complexity index is 8100. The van der Waals surface area contributed by atoms with Crippen LogP contribution in [0.25, 0.3) is 165 Å². The van der Waals surface area contributed by atoms with Crippen LogP contribution in [0.5, 0.6) is 0 Å². The van der Waals surface area contributed by atoms with Gasteiger partial charge in [0.1, 0.15) is 0 Å². The molecule has 20 aromatic carbocycles. The largest absolute Gasteiger partial charge is 0.309 e. The van der Waals surface area contributed by atoms with Crippen molar-refractivity contribution in [2.45, 2.75) is 55.4 Å². The Morgan fingerprint density at radius 1 is 0.119 bits per heavy atom. The van der Waals surface area contributed by atoms with Gasteiger partial charge in [0.2, 0.25) is 0 Å². The Hall–Kier alpha value is -16.8. The number of rotatable bonds is 6. The molecule has 0 radical (unpaired) electrons. The van der Waals surface area contributed by atoms with E-state index in [2.05, 4.69) is 544 Å². The minimum absolute atomic E-state index is 1.21. The molecule has 134 heavy (non-hydrogen) atoms. The second-order valence-electron chi connectivity index (χ2n) is 34.4. The third kappa shape index (κ3) is 17.8. The zero-order valence-electron chi connectivity index (χ0n) is 77.0. The van der Waals surface area contributed by atoms with Crippen LogP contribution in [-0.2, 0) is 0 Å². The summed E-state index contributed by atoms with van der Waals surface area (Å²) in [6.45, 7) is 17.2. The Morgan fingerprint density at radius 2 is 0.336 bits per heavy atom. The zero-order chi connectivity index (χ0) is 91.4. The summed E-state index contributed by atoms with van der Waals surface area (Å²) in [4.78, 5) is 0. The van der Waals surface area contributed by atoms with Crippen LogP contribution < -0.4 is 0 Å². The number of aromatic nitrogens is 6. The fourth-order valence-electron chi connectivity index (χ4n) is 19.0. The van der Waals surface area contributed by atoms with E-state index in [1.165, 1.54) is 209 Å². The quantitative estimate of drug-likeness (QED) is 0.159. The van der Waals surface area contributed by atoms with Crippen LogP contribution in [-0.4, -0.2) is 27.4 Å². The van der Waals surface area contributed by atoms with Crippen molar-refractivity contribution in [1.29, 1.82) is 0 Å². The van der Waals surface area contributed by atoms with E-state index in [9.17, 15) is 0 Å². The van der Waals surface area contributed by atoms with E-state index in [0.717, 1.165) is 0 Å². The lowest BCUT2D eigenvalue weighted by molar-refractivity contribution is 1.17. The highest BCUT2D eigenvalue weighted by Gasteiger charge is 2.20. The predicted octanol–water partition coefficient (Wildman–Crippen LogP) is 34.5. The van der Waals surface area contributed by atoms with Crippen LogP contribution >= 0.6 is 0 Å². The van der Waals surface area contributed by atoms with E-state index in [1.54, 1.807) is 0 Å². The highest BCUT2D eigenvalue weighted by Crippen LogP contribution is 2.40. The van der Waals surface area contributed by atoms with Gasteiger partial charge in [0.05, 0.1) is 66.2 Å². The van der Waals surface area contributed by atoms with Crippen LogP contribution in [0, 0.1) is 55.4 Å². The molecule has 26 rings (SSSR count). The predicted molar refractivity (Wildman–Crippen MR) is 575 cm³/mol.